The Hall–Kier alpha value is -4.39. The van der Waals surface area contributed by atoms with E-state index in [2.05, 4.69) is 0 Å². The van der Waals surface area contributed by atoms with Gasteiger partial charge in [0.1, 0.15) is 11.5 Å². The molecule has 0 bridgehead atoms. The highest BCUT2D eigenvalue weighted by Crippen LogP contribution is 2.43. The number of amides is 1. The standard InChI is InChI=1S/C31H29NO6/c1-37-25-15-11-21(12-16-25)28-27(29(34)23-10-9-20-5-3-4-6-22(20)18-23)30(35)31(36)32(28)24-13-7-19(8-14-24)17-26(33)38-2/h7-16,18,28,34H,3-6,17H2,1-2H3/b29-27-. The maximum absolute atomic E-state index is 13.5. The molecule has 3 aromatic rings. The molecule has 1 aliphatic heterocycles. The number of Topliss-reactive ketones (excluding diaryl/α,β-unsaturated/α-hetero) is 1. The largest absolute Gasteiger partial charge is 0.507 e. The van der Waals surface area contributed by atoms with Crippen LogP contribution in [0.1, 0.15) is 46.7 Å². The average molecular weight is 512 g/mol. The number of aliphatic hydroxyl groups excluding tert-OH is 1. The van der Waals surface area contributed by atoms with Crippen LogP contribution in [0.3, 0.4) is 0 Å². The normalized spacial score (nSPS) is 18.3. The summed E-state index contributed by atoms with van der Waals surface area (Å²) in [6.45, 7) is 0. The van der Waals surface area contributed by atoms with E-state index in [1.807, 2.05) is 18.2 Å². The molecule has 194 valence electrons. The number of anilines is 1. The van der Waals surface area contributed by atoms with Gasteiger partial charge >= 0.3 is 5.97 Å². The van der Waals surface area contributed by atoms with Gasteiger partial charge in [-0.05, 0) is 78.3 Å². The molecule has 7 heteroatoms. The maximum Gasteiger partial charge on any atom is 0.309 e. The molecule has 1 aliphatic carbocycles. The molecule has 0 aromatic heterocycles. The summed E-state index contributed by atoms with van der Waals surface area (Å²) in [7, 11) is 2.89. The Balaban J connectivity index is 1.61. The topological polar surface area (TPSA) is 93.1 Å². The molecule has 0 radical (unpaired) electrons. The van der Waals surface area contributed by atoms with Crippen molar-refractivity contribution in [2.24, 2.45) is 0 Å². The maximum atomic E-state index is 13.5. The number of fused-ring (bicyclic) bond motifs is 1. The van der Waals surface area contributed by atoms with Crippen LogP contribution in [0.15, 0.2) is 72.3 Å². The first-order valence-corrected chi connectivity index (χ1v) is 12.6. The van der Waals surface area contributed by atoms with Gasteiger partial charge in [-0.15, -0.1) is 0 Å². The van der Waals surface area contributed by atoms with E-state index in [1.165, 1.54) is 17.6 Å². The minimum absolute atomic E-state index is 0.0366. The highest BCUT2D eigenvalue weighted by Gasteiger charge is 2.47. The second-order valence-electron chi connectivity index (χ2n) is 9.55. The zero-order valence-corrected chi connectivity index (χ0v) is 21.4. The highest BCUT2D eigenvalue weighted by atomic mass is 16.5. The van der Waals surface area contributed by atoms with Crippen LogP contribution in [0.2, 0.25) is 0 Å². The summed E-state index contributed by atoms with van der Waals surface area (Å²) in [4.78, 5) is 40.0. The van der Waals surface area contributed by atoms with Crippen molar-refractivity contribution in [1.29, 1.82) is 0 Å². The van der Waals surface area contributed by atoms with Gasteiger partial charge in [-0.3, -0.25) is 19.3 Å². The number of methoxy groups -OCH3 is 2. The number of aliphatic hydroxyl groups is 1. The lowest BCUT2D eigenvalue weighted by Gasteiger charge is -2.26. The molecule has 5 rings (SSSR count). The first kappa shape index (κ1) is 25.3. The molecule has 3 aromatic carbocycles. The number of aryl methyl sites for hydroxylation is 2. The zero-order valence-electron chi connectivity index (χ0n) is 21.4. The fourth-order valence-corrected chi connectivity index (χ4v) is 5.25. The average Bonchev–Trinajstić information content (AvgIpc) is 3.22. The van der Waals surface area contributed by atoms with Crippen molar-refractivity contribution in [3.63, 3.8) is 0 Å². The fourth-order valence-electron chi connectivity index (χ4n) is 5.25. The lowest BCUT2D eigenvalue weighted by molar-refractivity contribution is -0.139. The number of ketones is 1. The number of benzene rings is 3. The summed E-state index contributed by atoms with van der Waals surface area (Å²) in [5, 5.41) is 11.5. The summed E-state index contributed by atoms with van der Waals surface area (Å²) < 4.78 is 10.0. The third-order valence-electron chi connectivity index (χ3n) is 7.29. The van der Waals surface area contributed by atoms with Crippen LogP contribution in [-0.4, -0.2) is 37.0 Å². The summed E-state index contributed by atoms with van der Waals surface area (Å²) in [5.74, 6) is -1.41. The van der Waals surface area contributed by atoms with Crippen LogP contribution in [0.5, 0.6) is 5.75 Å². The number of hydrogen-bond acceptors (Lipinski definition) is 6. The van der Waals surface area contributed by atoms with E-state index in [0.29, 0.717) is 28.1 Å². The Bertz CT molecular complexity index is 1420. The lowest BCUT2D eigenvalue weighted by Crippen LogP contribution is -2.29. The van der Waals surface area contributed by atoms with Crippen LogP contribution < -0.4 is 9.64 Å². The number of carbonyl (C=O) groups excluding carboxylic acids is 3. The quantitative estimate of drug-likeness (QED) is 0.219. The second-order valence-corrected chi connectivity index (χ2v) is 9.55. The predicted octanol–water partition coefficient (Wildman–Crippen LogP) is 4.92. The van der Waals surface area contributed by atoms with Crippen molar-refractivity contribution < 1.29 is 29.0 Å². The minimum Gasteiger partial charge on any atom is -0.507 e. The van der Waals surface area contributed by atoms with Gasteiger partial charge in [0.2, 0.25) is 0 Å². The van der Waals surface area contributed by atoms with Gasteiger partial charge in [-0.25, -0.2) is 0 Å². The molecule has 7 nitrogen and oxygen atoms in total. The summed E-state index contributed by atoms with van der Waals surface area (Å²) in [5.41, 5.74) is 4.83. The van der Waals surface area contributed by atoms with E-state index in [1.54, 1.807) is 55.6 Å². The predicted molar refractivity (Wildman–Crippen MR) is 143 cm³/mol. The number of ether oxygens (including phenoxy) is 2. The Morgan fingerprint density at radius 1 is 0.921 bits per heavy atom. The molecule has 0 saturated carbocycles. The number of rotatable bonds is 6. The van der Waals surface area contributed by atoms with Gasteiger partial charge in [0.25, 0.3) is 11.7 Å². The number of hydrogen-bond donors (Lipinski definition) is 1. The fraction of sp³-hybridized carbons (Fsp3) is 0.258. The first-order chi connectivity index (χ1) is 18.4. The molecule has 2 aliphatic rings. The van der Waals surface area contributed by atoms with Crippen molar-refractivity contribution in [2.45, 2.75) is 38.1 Å². The monoisotopic (exact) mass is 511 g/mol. The number of nitrogens with zero attached hydrogens (tertiary/aromatic N) is 1. The van der Waals surface area contributed by atoms with Crippen molar-refractivity contribution in [1.82, 2.24) is 0 Å². The Morgan fingerprint density at radius 3 is 2.26 bits per heavy atom. The van der Waals surface area contributed by atoms with Gasteiger partial charge in [-0.1, -0.05) is 36.4 Å². The molecule has 1 saturated heterocycles. The van der Waals surface area contributed by atoms with Crippen LogP contribution in [0, 0.1) is 0 Å². The minimum atomic E-state index is -0.844. The summed E-state index contributed by atoms with van der Waals surface area (Å²) >= 11 is 0. The number of carbonyl (C=O) groups is 3. The Morgan fingerprint density at radius 2 is 1.61 bits per heavy atom. The van der Waals surface area contributed by atoms with Gasteiger partial charge in [0.05, 0.1) is 32.3 Å². The van der Waals surface area contributed by atoms with E-state index in [0.717, 1.165) is 31.2 Å². The van der Waals surface area contributed by atoms with Gasteiger partial charge in [0.15, 0.2) is 0 Å². The van der Waals surface area contributed by atoms with Crippen molar-refractivity contribution in [2.75, 3.05) is 19.1 Å². The van der Waals surface area contributed by atoms with Crippen LogP contribution in [0.25, 0.3) is 5.76 Å². The lowest BCUT2D eigenvalue weighted by atomic mass is 9.88. The van der Waals surface area contributed by atoms with Crippen LogP contribution >= 0.6 is 0 Å². The van der Waals surface area contributed by atoms with E-state index < -0.39 is 17.7 Å². The molecule has 1 amide bonds. The van der Waals surface area contributed by atoms with Gasteiger partial charge in [-0.2, -0.15) is 0 Å². The SMILES string of the molecule is COC(=O)Cc1ccc(N2C(=O)C(=O)/C(=C(\O)c3ccc4c(c3)CCCC4)C2c2ccc(OC)cc2)cc1. The molecule has 1 heterocycles. The molecule has 1 N–H and O–H groups in total. The van der Waals surface area contributed by atoms with Gasteiger partial charge in [0, 0.05) is 11.3 Å². The molecule has 1 atom stereocenters. The number of esters is 1. The second kappa shape index (κ2) is 10.5. The molecular formula is C31H29NO6. The van der Waals surface area contributed by atoms with Crippen molar-refractivity contribution in [3.05, 3.63) is 100 Å². The Labute approximate surface area is 221 Å². The Kier molecular flexibility index (Phi) is 7.01. The first-order valence-electron chi connectivity index (χ1n) is 12.6. The van der Waals surface area contributed by atoms with Crippen LogP contribution in [-0.2, 0) is 38.4 Å². The highest BCUT2D eigenvalue weighted by molar-refractivity contribution is 6.51. The van der Waals surface area contributed by atoms with E-state index in [-0.39, 0.29) is 23.7 Å². The third-order valence-corrected chi connectivity index (χ3v) is 7.29. The molecule has 1 fully saturated rings. The molecular weight excluding hydrogens is 482 g/mol. The molecule has 38 heavy (non-hydrogen) atoms. The molecule has 1 unspecified atom stereocenters. The van der Waals surface area contributed by atoms with E-state index in [9.17, 15) is 19.5 Å². The van der Waals surface area contributed by atoms with Gasteiger partial charge < -0.3 is 14.6 Å². The van der Waals surface area contributed by atoms with E-state index >= 15 is 0 Å². The smallest absolute Gasteiger partial charge is 0.309 e. The van der Waals surface area contributed by atoms with Crippen LogP contribution in [0.4, 0.5) is 5.69 Å². The zero-order chi connectivity index (χ0) is 26.8. The van der Waals surface area contributed by atoms with Crippen molar-refractivity contribution in [3.8, 4) is 5.75 Å². The molecule has 0 spiro atoms. The summed E-state index contributed by atoms with van der Waals surface area (Å²) in [6, 6.07) is 18.8. The summed E-state index contributed by atoms with van der Waals surface area (Å²) in [6.07, 6.45) is 4.23. The van der Waals surface area contributed by atoms with E-state index in [4.69, 9.17) is 9.47 Å². The third kappa shape index (κ3) is 4.67. The van der Waals surface area contributed by atoms with Crippen molar-refractivity contribution >= 4 is 29.1 Å².